The standard InChI is InChI=1S/C11H15N3O2/c1-6(2)10-14-9-3-7(8(12)5-15)4-13-11(9)16-10/h3-4,6,8,15H,5,12H2,1-2H3. The van der Waals surface area contributed by atoms with E-state index in [1.165, 1.54) is 0 Å². The summed E-state index contributed by atoms with van der Waals surface area (Å²) in [5.74, 6) is 0.890. The number of aliphatic hydroxyl groups is 1. The van der Waals surface area contributed by atoms with Crippen molar-refractivity contribution in [2.75, 3.05) is 6.61 Å². The minimum atomic E-state index is -0.420. The predicted octanol–water partition coefficient (Wildman–Crippen LogP) is 1.34. The van der Waals surface area contributed by atoms with Crippen molar-refractivity contribution in [3.63, 3.8) is 0 Å². The van der Waals surface area contributed by atoms with Gasteiger partial charge in [0.1, 0.15) is 5.52 Å². The van der Waals surface area contributed by atoms with Crippen molar-refractivity contribution in [1.29, 1.82) is 0 Å². The summed E-state index contributed by atoms with van der Waals surface area (Å²) in [6, 6.07) is 1.38. The van der Waals surface area contributed by atoms with Crippen LogP contribution >= 0.6 is 0 Å². The van der Waals surface area contributed by atoms with E-state index in [4.69, 9.17) is 15.3 Å². The Bertz CT molecular complexity index is 493. The van der Waals surface area contributed by atoms with E-state index in [9.17, 15) is 0 Å². The molecule has 0 fully saturated rings. The Kier molecular flexibility index (Phi) is 2.89. The topological polar surface area (TPSA) is 85.2 Å². The SMILES string of the molecule is CC(C)c1nc2cc(C(N)CO)cnc2o1. The fourth-order valence-electron chi connectivity index (χ4n) is 1.41. The number of fused-ring (bicyclic) bond motifs is 1. The van der Waals surface area contributed by atoms with Gasteiger partial charge in [-0.1, -0.05) is 13.8 Å². The van der Waals surface area contributed by atoms with E-state index in [-0.39, 0.29) is 12.5 Å². The second-order valence-electron chi connectivity index (χ2n) is 4.09. The lowest BCUT2D eigenvalue weighted by Crippen LogP contribution is -2.14. The molecule has 1 atom stereocenters. The van der Waals surface area contributed by atoms with Crippen molar-refractivity contribution in [2.45, 2.75) is 25.8 Å². The summed E-state index contributed by atoms with van der Waals surface area (Å²) in [7, 11) is 0. The Balaban J connectivity index is 2.45. The molecule has 0 aromatic carbocycles. The lowest BCUT2D eigenvalue weighted by Gasteiger charge is -2.06. The number of hydrogen-bond acceptors (Lipinski definition) is 5. The quantitative estimate of drug-likeness (QED) is 0.816. The Hall–Kier alpha value is -1.46. The molecule has 0 aliphatic rings. The zero-order valence-electron chi connectivity index (χ0n) is 9.34. The molecular formula is C11H15N3O2. The molecule has 2 rings (SSSR count). The van der Waals surface area contributed by atoms with Crippen molar-refractivity contribution < 1.29 is 9.52 Å². The van der Waals surface area contributed by atoms with Gasteiger partial charge in [0, 0.05) is 12.1 Å². The highest BCUT2D eigenvalue weighted by Gasteiger charge is 2.12. The summed E-state index contributed by atoms with van der Waals surface area (Å²) < 4.78 is 5.47. The highest BCUT2D eigenvalue weighted by Crippen LogP contribution is 2.21. The van der Waals surface area contributed by atoms with Crippen LogP contribution in [0.3, 0.4) is 0 Å². The largest absolute Gasteiger partial charge is 0.422 e. The fraction of sp³-hybridized carbons (Fsp3) is 0.455. The van der Waals surface area contributed by atoms with Crippen LogP contribution in [0.25, 0.3) is 11.2 Å². The van der Waals surface area contributed by atoms with Gasteiger partial charge in [0.15, 0.2) is 5.89 Å². The first-order valence-electron chi connectivity index (χ1n) is 5.24. The first-order chi connectivity index (χ1) is 7.61. The Morgan fingerprint density at radius 1 is 1.50 bits per heavy atom. The molecule has 86 valence electrons. The number of rotatable bonds is 3. The molecule has 2 aromatic heterocycles. The maximum absolute atomic E-state index is 8.96. The first kappa shape index (κ1) is 11.0. The van der Waals surface area contributed by atoms with E-state index < -0.39 is 6.04 Å². The van der Waals surface area contributed by atoms with Gasteiger partial charge < -0.3 is 15.3 Å². The van der Waals surface area contributed by atoms with Crippen LogP contribution in [-0.4, -0.2) is 21.7 Å². The number of hydrogen-bond donors (Lipinski definition) is 2. The maximum atomic E-state index is 8.96. The third kappa shape index (κ3) is 1.91. The van der Waals surface area contributed by atoms with Crippen LogP contribution in [0.2, 0.25) is 0 Å². The Morgan fingerprint density at radius 3 is 2.88 bits per heavy atom. The molecule has 0 aliphatic carbocycles. The molecule has 5 heteroatoms. The van der Waals surface area contributed by atoms with Crippen LogP contribution < -0.4 is 5.73 Å². The number of aromatic nitrogens is 2. The smallest absolute Gasteiger partial charge is 0.246 e. The molecule has 0 spiro atoms. The van der Waals surface area contributed by atoms with Crippen molar-refractivity contribution in [1.82, 2.24) is 9.97 Å². The lowest BCUT2D eigenvalue weighted by atomic mass is 10.1. The lowest BCUT2D eigenvalue weighted by molar-refractivity contribution is 0.268. The summed E-state index contributed by atoms with van der Waals surface area (Å²) in [6.07, 6.45) is 1.61. The molecule has 2 aromatic rings. The molecule has 16 heavy (non-hydrogen) atoms. The second kappa shape index (κ2) is 4.19. The fourth-order valence-corrected chi connectivity index (χ4v) is 1.41. The zero-order chi connectivity index (χ0) is 11.7. The van der Waals surface area contributed by atoms with Gasteiger partial charge in [0.2, 0.25) is 5.71 Å². The maximum Gasteiger partial charge on any atom is 0.246 e. The van der Waals surface area contributed by atoms with Crippen molar-refractivity contribution in [3.05, 3.63) is 23.7 Å². The summed E-state index contributed by atoms with van der Waals surface area (Å²) >= 11 is 0. The van der Waals surface area contributed by atoms with E-state index in [0.29, 0.717) is 17.1 Å². The average molecular weight is 221 g/mol. The predicted molar refractivity (Wildman–Crippen MR) is 59.9 cm³/mol. The van der Waals surface area contributed by atoms with Gasteiger partial charge >= 0.3 is 0 Å². The van der Waals surface area contributed by atoms with Crippen LogP contribution in [0, 0.1) is 0 Å². The minimum absolute atomic E-state index is 0.109. The third-order valence-electron chi connectivity index (χ3n) is 2.40. The van der Waals surface area contributed by atoms with E-state index >= 15 is 0 Å². The molecule has 1 unspecified atom stereocenters. The van der Waals surface area contributed by atoms with Crippen LogP contribution in [-0.2, 0) is 0 Å². The first-order valence-corrected chi connectivity index (χ1v) is 5.24. The second-order valence-corrected chi connectivity index (χ2v) is 4.09. The monoisotopic (exact) mass is 221 g/mol. The van der Waals surface area contributed by atoms with E-state index in [0.717, 1.165) is 5.56 Å². The van der Waals surface area contributed by atoms with Gasteiger partial charge in [-0.3, -0.25) is 0 Å². The summed E-state index contributed by atoms with van der Waals surface area (Å²) in [5.41, 5.74) is 7.66. The van der Waals surface area contributed by atoms with Gasteiger partial charge in [0.25, 0.3) is 0 Å². The average Bonchev–Trinajstić information content (AvgIpc) is 2.70. The highest BCUT2D eigenvalue weighted by atomic mass is 16.4. The summed E-state index contributed by atoms with van der Waals surface area (Å²) in [4.78, 5) is 8.46. The molecule has 0 bridgehead atoms. The van der Waals surface area contributed by atoms with Gasteiger partial charge in [-0.15, -0.1) is 0 Å². The number of oxazole rings is 1. The molecule has 0 radical (unpaired) electrons. The molecule has 5 nitrogen and oxygen atoms in total. The highest BCUT2D eigenvalue weighted by molar-refractivity contribution is 5.68. The van der Waals surface area contributed by atoms with Crippen molar-refractivity contribution >= 4 is 11.2 Å². The van der Waals surface area contributed by atoms with E-state index in [2.05, 4.69) is 9.97 Å². The summed E-state index contributed by atoms with van der Waals surface area (Å²) in [5, 5.41) is 8.96. The van der Waals surface area contributed by atoms with Crippen molar-refractivity contribution in [2.24, 2.45) is 5.73 Å². The molecular weight excluding hydrogens is 206 g/mol. The molecule has 0 saturated heterocycles. The normalized spacial score (nSPS) is 13.6. The Morgan fingerprint density at radius 2 is 2.25 bits per heavy atom. The molecule has 0 aliphatic heterocycles. The van der Waals surface area contributed by atoms with E-state index in [1.807, 2.05) is 13.8 Å². The molecule has 2 heterocycles. The van der Waals surface area contributed by atoms with Crippen molar-refractivity contribution in [3.8, 4) is 0 Å². The van der Waals surface area contributed by atoms with Crippen LogP contribution in [0.15, 0.2) is 16.7 Å². The number of aliphatic hydroxyl groups excluding tert-OH is 1. The third-order valence-corrected chi connectivity index (χ3v) is 2.40. The number of nitrogens with zero attached hydrogens (tertiary/aromatic N) is 2. The summed E-state index contributed by atoms with van der Waals surface area (Å²) in [6.45, 7) is 3.90. The van der Waals surface area contributed by atoms with Gasteiger partial charge in [-0.25, -0.2) is 9.97 Å². The van der Waals surface area contributed by atoms with E-state index in [1.54, 1.807) is 12.3 Å². The van der Waals surface area contributed by atoms with Crippen LogP contribution in [0.1, 0.15) is 37.3 Å². The minimum Gasteiger partial charge on any atom is -0.422 e. The molecule has 3 N–H and O–H groups in total. The van der Waals surface area contributed by atoms with Crippen LogP contribution in [0.5, 0.6) is 0 Å². The molecule has 0 saturated carbocycles. The number of nitrogens with two attached hydrogens (primary N) is 1. The van der Waals surface area contributed by atoms with Gasteiger partial charge in [0.05, 0.1) is 12.6 Å². The Labute approximate surface area is 93.3 Å². The molecule has 0 amide bonds. The van der Waals surface area contributed by atoms with Gasteiger partial charge in [-0.2, -0.15) is 0 Å². The zero-order valence-corrected chi connectivity index (χ0v) is 9.34. The number of pyridine rings is 1. The van der Waals surface area contributed by atoms with Gasteiger partial charge in [-0.05, 0) is 11.6 Å². The van der Waals surface area contributed by atoms with Crippen LogP contribution in [0.4, 0.5) is 0 Å².